The van der Waals surface area contributed by atoms with E-state index in [1.807, 2.05) is 37.3 Å². The number of hydrogen-bond donors (Lipinski definition) is 1. The molecule has 0 spiro atoms. The number of aryl methyl sites for hydroxylation is 2. The van der Waals surface area contributed by atoms with E-state index in [2.05, 4.69) is 13.0 Å². The Hall–Kier alpha value is -5.55. The van der Waals surface area contributed by atoms with Crippen molar-refractivity contribution in [1.82, 2.24) is 0 Å². The van der Waals surface area contributed by atoms with E-state index in [0.29, 0.717) is 28.2 Å². The van der Waals surface area contributed by atoms with Gasteiger partial charge in [0.15, 0.2) is 0 Å². The first-order chi connectivity index (χ1) is 20.8. The molecule has 0 fully saturated rings. The highest BCUT2D eigenvalue weighted by atomic mass is 19.1. The first-order valence-electron chi connectivity index (χ1n) is 13.8. The second-order valence-corrected chi connectivity index (χ2v) is 10.2. The van der Waals surface area contributed by atoms with E-state index in [0.717, 1.165) is 28.5 Å². The second-order valence-electron chi connectivity index (χ2n) is 10.2. The van der Waals surface area contributed by atoms with Gasteiger partial charge in [-0.2, -0.15) is 5.26 Å². The molecule has 214 valence electrons. The highest BCUT2D eigenvalue weighted by Crippen LogP contribution is 2.44. The summed E-state index contributed by atoms with van der Waals surface area (Å²) in [5.41, 5.74) is 11.2. The van der Waals surface area contributed by atoms with E-state index in [9.17, 15) is 14.4 Å². The normalized spacial score (nSPS) is 14.1. The van der Waals surface area contributed by atoms with Crippen LogP contribution >= 0.6 is 0 Å². The molecule has 43 heavy (non-hydrogen) atoms. The van der Waals surface area contributed by atoms with Crippen molar-refractivity contribution >= 4 is 16.9 Å². The largest absolute Gasteiger partial charge is 0.489 e. The van der Waals surface area contributed by atoms with Crippen molar-refractivity contribution in [1.29, 1.82) is 5.26 Å². The number of fused-ring (bicyclic) bond motifs is 2. The zero-order chi connectivity index (χ0) is 30.1. The summed E-state index contributed by atoms with van der Waals surface area (Å²) in [6, 6.07) is 26.4. The predicted octanol–water partition coefficient (Wildman–Crippen LogP) is 7.46. The van der Waals surface area contributed by atoms with E-state index in [1.165, 1.54) is 12.1 Å². The van der Waals surface area contributed by atoms with Crippen LogP contribution in [0.25, 0.3) is 11.0 Å². The molecular formula is C35H27FN2O5. The minimum Gasteiger partial charge on any atom is -0.489 e. The number of carbonyl (C=O) groups excluding carboxylic acids is 1. The molecule has 2 heterocycles. The first-order valence-corrected chi connectivity index (χ1v) is 13.8. The number of nitrogens with zero attached hydrogens (tertiary/aromatic N) is 1. The number of carbonyl (C=O) groups is 1. The van der Waals surface area contributed by atoms with Crippen molar-refractivity contribution in [3.8, 4) is 23.3 Å². The Bertz CT molecular complexity index is 1920. The standard InChI is InChI=1S/C35H27FN2O5/c1-3-21-6-15-30-28(16-21)20(2)33(42-30)35(39)41-26-13-14-27-31(17-26)43-34(38)29(18-37)32(27)23-7-11-25(12-8-23)40-19-22-4-9-24(36)10-5-22/h4-17,32H,3,19,38H2,1-2H3. The van der Waals surface area contributed by atoms with E-state index in [4.69, 9.17) is 24.4 Å². The van der Waals surface area contributed by atoms with Gasteiger partial charge in [0.05, 0.1) is 5.92 Å². The predicted molar refractivity (Wildman–Crippen MR) is 158 cm³/mol. The minimum absolute atomic E-state index is 0.0278. The van der Waals surface area contributed by atoms with Crippen molar-refractivity contribution in [3.63, 3.8) is 0 Å². The van der Waals surface area contributed by atoms with Crippen LogP contribution in [0.4, 0.5) is 4.39 Å². The lowest BCUT2D eigenvalue weighted by atomic mass is 9.83. The van der Waals surface area contributed by atoms with Crippen molar-refractivity contribution in [3.05, 3.63) is 136 Å². The van der Waals surface area contributed by atoms with E-state index in [1.54, 1.807) is 42.5 Å². The third-order valence-corrected chi connectivity index (χ3v) is 7.53. The van der Waals surface area contributed by atoms with E-state index < -0.39 is 11.9 Å². The van der Waals surface area contributed by atoms with Gasteiger partial charge in [-0.05, 0) is 72.5 Å². The number of hydrogen-bond acceptors (Lipinski definition) is 7. The van der Waals surface area contributed by atoms with Crippen LogP contribution in [-0.2, 0) is 13.0 Å². The molecule has 1 aliphatic heterocycles. The molecule has 1 unspecified atom stereocenters. The Morgan fingerprint density at radius 2 is 1.70 bits per heavy atom. The number of nitrogens with two attached hydrogens (primary N) is 1. The van der Waals surface area contributed by atoms with Crippen LogP contribution in [0.15, 0.2) is 101 Å². The number of halogens is 1. The summed E-state index contributed by atoms with van der Waals surface area (Å²) in [7, 11) is 0. The topological polar surface area (TPSA) is 108 Å². The first kappa shape index (κ1) is 27.6. The van der Waals surface area contributed by atoms with Gasteiger partial charge in [0.25, 0.3) is 0 Å². The molecule has 0 radical (unpaired) electrons. The summed E-state index contributed by atoms with van der Waals surface area (Å²) in [6.07, 6.45) is 0.872. The molecule has 4 aromatic carbocycles. The maximum absolute atomic E-state index is 13.2. The molecule has 7 nitrogen and oxygen atoms in total. The zero-order valence-corrected chi connectivity index (χ0v) is 23.5. The average molecular weight is 575 g/mol. The van der Waals surface area contributed by atoms with E-state index >= 15 is 0 Å². The quantitative estimate of drug-likeness (QED) is 0.159. The smallest absolute Gasteiger partial charge is 0.379 e. The minimum atomic E-state index is -0.628. The zero-order valence-electron chi connectivity index (χ0n) is 23.5. The van der Waals surface area contributed by atoms with Gasteiger partial charge >= 0.3 is 5.97 Å². The third kappa shape index (κ3) is 5.41. The Morgan fingerprint density at radius 3 is 2.42 bits per heavy atom. The summed E-state index contributed by atoms with van der Waals surface area (Å²) >= 11 is 0. The van der Waals surface area contributed by atoms with Crippen LogP contribution in [0, 0.1) is 24.1 Å². The van der Waals surface area contributed by atoms with E-state index in [-0.39, 0.29) is 35.4 Å². The van der Waals surface area contributed by atoms with Gasteiger partial charge in [-0.1, -0.05) is 43.3 Å². The third-order valence-electron chi connectivity index (χ3n) is 7.53. The number of esters is 1. The van der Waals surface area contributed by atoms with Gasteiger partial charge in [0, 0.05) is 22.6 Å². The molecule has 0 aliphatic carbocycles. The fourth-order valence-electron chi connectivity index (χ4n) is 5.18. The molecule has 5 aromatic rings. The van der Waals surface area contributed by atoms with Crippen LogP contribution < -0.4 is 19.9 Å². The molecule has 0 saturated heterocycles. The molecule has 0 bridgehead atoms. The number of nitriles is 1. The van der Waals surface area contributed by atoms with Gasteiger partial charge in [-0.3, -0.25) is 0 Å². The fourth-order valence-corrected chi connectivity index (χ4v) is 5.18. The van der Waals surface area contributed by atoms with Crippen LogP contribution in [0.2, 0.25) is 0 Å². The molecule has 1 aromatic heterocycles. The number of ether oxygens (including phenoxy) is 3. The molecular weight excluding hydrogens is 547 g/mol. The van der Waals surface area contributed by atoms with Crippen molar-refractivity contribution in [2.24, 2.45) is 5.73 Å². The molecule has 8 heteroatoms. The maximum Gasteiger partial charge on any atom is 0.379 e. The summed E-state index contributed by atoms with van der Waals surface area (Å²) in [5.74, 6) is -0.0988. The second kappa shape index (κ2) is 11.4. The lowest BCUT2D eigenvalue weighted by Gasteiger charge is -2.26. The molecule has 6 rings (SSSR count). The van der Waals surface area contributed by atoms with Gasteiger partial charge < -0.3 is 24.4 Å². The molecule has 2 N–H and O–H groups in total. The highest BCUT2D eigenvalue weighted by molar-refractivity contribution is 5.97. The van der Waals surface area contributed by atoms with Crippen molar-refractivity contribution in [2.45, 2.75) is 32.8 Å². The number of allylic oxidation sites excluding steroid dienone is 1. The van der Waals surface area contributed by atoms with Crippen LogP contribution in [0.3, 0.4) is 0 Å². The van der Waals surface area contributed by atoms with Crippen LogP contribution in [0.1, 0.15) is 51.2 Å². The molecule has 0 saturated carbocycles. The van der Waals surface area contributed by atoms with Crippen molar-refractivity contribution < 1.29 is 27.8 Å². The number of rotatable bonds is 7. The monoisotopic (exact) mass is 574 g/mol. The Labute approximate surface area is 247 Å². The van der Waals surface area contributed by atoms with Gasteiger partial charge in [0.2, 0.25) is 11.6 Å². The van der Waals surface area contributed by atoms with Crippen LogP contribution in [0.5, 0.6) is 17.2 Å². The molecule has 0 amide bonds. The van der Waals surface area contributed by atoms with Crippen molar-refractivity contribution in [2.75, 3.05) is 0 Å². The Balaban J connectivity index is 1.23. The summed E-state index contributed by atoms with van der Waals surface area (Å²) in [6.45, 7) is 4.18. The maximum atomic E-state index is 13.2. The molecule has 1 aliphatic rings. The fraction of sp³-hybridized carbons (Fsp3) is 0.143. The van der Waals surface area contributed by atoms with Gasteiger partial charge in [-0.15, -0.1) is 0 Å². The number of benzene rings is 4. The lowest BCUT2D eigenvalue weighted by Crippen LogP contribution is -2.21. The SMILES string of the molecule is CCc1ccc2oc(C(=O)Oc3ccc4c(c3)OC(N)=C(C#N)C4c3ccc(OCc4ccc(F)cc4)cc3)c(C)c2c1. The number of furan rings is 1. The van der Waals surface area contributed by atoms with Gasteiger partial charge in [-0.25, -0.2) is 9.18 Å². The summed E-state index contributed by atoms with van der Waals surface area (Å²) < 4.78 is 36.3. The highest BCUT2D eigenvalue weighted by Gasteiger charge is 2.31. The lowest BCUT2D eigenvalue weighted by molar-refractivity contribution is 0.0702. The Morgan fingerprint density at radius 1 is 0.977 bits per heavy atom. The summed E-state index contributed by atoms with van der Waals surface area (Å²) in [5, 5.41) is 10.8. The molecule has 1 atom stereocenters. The Kier molecular flexibility index (Phi) is 7.31. The average Bonchev–Trinajstić information content (AvgIpc) is 3.35. The summed E-state index contributed by atoms with van der Waals surface area (Å²) in [4.78, 5) is 13.1. The van der Waals surface area contributed by atoms with Crippen LogP contribution in [-0.4, -0.2) is 5.97 Å². The van der Waals surface area contributed by atoms with Gasteiger partial charge in [0.1, 0.15) is 46.9 Å².